The second-order valence-electron chi connectivity index (χ2n) is 8.45. The molecule has 3 aliphatic rings. The van der Waals surface area contributed by atoms with Gasteiger partial charge in [0, 0.05) is 0 Å². The van der Waals surface area contributed by atoms with Crippen molar-refractivity contribution in [3.8, 4) is 5.75 Å². The number of rotatable bonds is 4. The van der Waals surface area contributed by atoms with E-state index in [-0.39, 0.29) is 36.0 Å². The second-order valence-corrected chi connectivity index (χ2v) is 8.45. The smallest absolute Gasteiger partial charge is 0.276 e. The fraction of sp³-hybridized carbons (Fsp3) is 0.550. The van der Waals surface area contributed by atoms with Crippen LogP contribution >= 0.6 is 0 Å². The van der Waals surface area contributed by atoms with Crippen molar-refractivity contribution >= 4 is 17.7 Å². The van der Waals surface area contributed by atoms with Gasteiger partial charge in [-0.25, -0.2) is 0 Å². The van der Waals surface area contributed by atoms with E-state index in [0.717, 1.165) is 23.4 Å². The quantitative estimate of drug-likeness (QED) is 0.811. The third-order valence-corrected chi connectivity index (χ3v) is 5.61. The standard InChI is InChI=1S/C20H24N2O5/c1-20(2,3)11-4-6-12(7-5-11)26-10-15(23)21-22-18(24)16-13-8-9-14(27-13)17(16)19(22)25/h4-7,13-14,16-17H,8-10H2,1-3H3,(H,21,23)/t13-,14+,16+,17-. The van der Waals surface area contributed by atoms with E-state index in [1.54, 1.807) is 12.1 Å². The number of hydrogen-bond donors (Lipinski definition) is 1. The molecule has 2 bridgehead atoms. The Labute approximate surface area is 158 Å². The summed E-state index contributed by atoms with van der Waals surface area (Å²) in [4.78, 5) is 37.2. The van der Waals surface area contributed by atoms with Crippen LogP contribution in [0, 0.1) is 11.8 Å². The summed E-state index contributed by atoms with van der Waals surface area (Å²) in [7, 11) is 0. The van der Waals surface area contributed by atoms with Crippen molar-refractivity contribution in [3.05, 3.63) is 29.8 Å². The zero-order chi connectivity index (χ0) is 19.3. The zero-order valence-electron chi connectivity index (χ0n) is 15.7. The van der Waals surface area contributed by atoms with Crippen molar-refractivity contribution in [2.24, 2.45) is 11.8 Å². The summed E-state index contributed by atoms with van der Waals surface area (Å²) in [6, 6.07) is 7.52. The Hall–Kier alpha value is -2.41. The van der Waals surface area contributed by atoms with E-state index in [1.807, 2.05) is 12.1 Å². The molecule has 0 unspecified atom stereocenters. The lowest BCUT2D eigenvalue weighted by Crippen LogP contribution is -2.49. The molecular weight excluding hydrogens is 348 g/mol. The number of carbonyl (C=O) groups is 3. The Morgan fingerprint density at radius 2 is 1.67 bits per heavy atom. The molecular formula is C20H24N2O5. The fourth-order valence-corrected chi connectivity index (χ4v) is 4.18. The fourth-order valence-electron chi connectivity index (χ4n) is 4.18. The van der Waals surface area contributed by atoms with E-state index >= 15 is 0 Å². The van der Waals surface area contributed by atoms with Crippen molar-refractivity contribution in [1.82, 2.24) is 10.4 Å². The minimum Gasteiger partial charge on any atom is -0.484 e. The van der Waals surface area contributed by atoms with Crippen LogP contribution < -0.4 is 10.2 Å². The van der Waals surface area contributed by atoms with Crippen molar-refractivity contribution < 1.29 is 23.9 Å². The Bertz CT molecular complexity index is 755. The van der Waals surface area contributed by atoms with Gasteiger partial charge in [-0.05, 0) is 36.0 Å². The first-order valence-corrected chi connectivity index (χ1v) is 9.32. The molecule has 3 saturated heterocycles. The molecule has 0 saturated carbocycles. The SMILES string of the molecule is CC(C)(C)c1ccc(OCC(=O)NN2C(=O)[C@@H]3[C@H](C2=O)[C@@H]2CC[C@H]3O2)cc1. The molecule has 3 amide bonds. The number of fused-ring (bicyclic) bond motifs is 5. The summed E-state index contributed by atoms with van der Waals surface area (Å²) >= 11 is 0. The number of imide groups is 1. The topological polar surface area (TPSA) is 84.9 Å². The van der Waals surface area contributed by atoms with Gasteiger partial charge < -0.3 is 9.47 Å². The van der Waals surface area contributed by atoms with E-state index in [1.165, 1.54) is 0 Å². The molecule has 0 aliphatic carbocycles. The average Bonchev–Trinajstić information content (AvgIpc) is 3.29. The molecule has 7 heteroatoms. The van der Waals surface area contributed by atoms with Crippen LogP contribution in [0.2, 0.25) is 0 Å². The summed E-state index contributed by atoms with van der Waals surface area (Å²) in [5, 5.41) is 0.859. The number of carbonyl (C=O) groups excluding carboxylic acids is 3. The Balaban J connectivity index is 1.33. The van der Waals surface area contributed by atoms with Gasteiger partial charge in [-0.15, -0.1) is 0 Å². The molecule has 0 spiro atoms. The minimum atomic E-state index is -0.537. The molecule has 1 aromatic rings. The summed E-state index contributed by atoms with van der Waals surface area (Å²) in [6.07, 6.45) is 1.19. The molecule has 1 aromatic carbocycles. The van der Waals surface area contributed by atoms with Gasteiger partial charge in [0.05, 0.1) is 24.0 Å². The third kappa shape index (κ3) is 3.10. The third-order valence-electron chi connectivity index (χ3n) is 5.61. The monoisotopic (exact) mass is 372 g/mol. The lowest BCUT2D eigenvalue weighted by Gasteiger charge is -2.19. The Kier molecular flexibility index (Phi) is 4.22. The molecule has 3 aliphatic heterocycles. The zero-order valence-corrected chi connectivity index (χ0v) is 15.7. The number of nitrogens with one attached hydrogen (secondary N) is 1. The number of hydrogen-bond acceptors (Lipinski definition) is 5. The van der Waals surface area contributed by atoms with E-state index in [4.69, 9.17) is 9.47 Å². The molecule has 3 fully saturated rings. The highest BCUT2D eigenvalue weighted by Gasteiger charge is 2.62. The Morgan fingerprint density at radius 3 is 2.19 bits per heavy atom. The highest BCUT2D eigenvalue weighted by Crippen LogP contribution is 2.47. The number of ether oxygens (including phenoxy) is 2. The average molecular weight is 372 g/mol. The highest BCUT2D eigenvalue weighted by molar-refractivity contribution is 6.07. The van der Waals surface area contributed by atoms with E-state index < -0.39 is 17.7 Å². The van der Waals surface area contributed by atoms with Gasteiger partial charge in [-0.1, -0.05) is 32.9 Å². The molecule has 0 radical (unpaired) electrons. The van der Waals surface area contributed by atoms with Crippen molar-refractivity contribution in [1.29, 1.82) is 0 Å². The van der Waals surface area contributed by atoms with Crippen molar-refractivity contribution in [3.63, 3.8) is 0 Å². The van der Waals surface area contributed by atoms with Gasteiger partial charge in [0.25, 0.3) is 17.7 Å². The Morgan fingerprint density at radius 1 is 1.11 bits per heavy atom. The van der Waals surface area contributed by atoms with Gasteiger partial charge >= 0.3 is 0 Å². The van der Waals surface area contributed by atoms with E-state index in [0.29, 0.717) is 5.75 Å². The lowest BCUT2D eigenvalue weighted by atomic mass is 9.81. The first kappa shape index (κ1) is 18.0. The predicted molar refractivity (Wildman–Crippen MR) is 95.5 cm³/mol. The molecule has 1 N–H and O–H groups in total. The maximum atomic E-state index is 12.5. The molecule has 4 atom stereocenters. The first-order valence-electron chi connectivity index (χ1n) is 9.32. The molecule has 3 heterocycles. The number of nitrogens with zero attached hydrogens (tertiary/aromatic N) is 1. The van der Waals surface area contributed by atoms with Crippen molar-refractivity contribution in [2.45, 2.75) is 51.2 Å². The normalized spacial score (nSPS) is 29.2. The molecule has 7 nitrogen and oxygen atoms in total. The van der Waals surface area contributed by atoms with Gasteiger partial charge in [-0.2, -0.15) is 5.01 Å². The van der Waals surface area contributed by atoms with Crippen LogP contribution in [-0.2, 0) is 24.5 Å². The van der Waals surface area contributed by atoms with Gasteiger partial charge in [0.1, 0.15) is 5.75 Å². The molecule has 0 aromatic heterocycles. The number of amides is 3. The van der Waals surface area contributed by atoms with Crippen LogP contribution in [-0.4, -0.2) is 41.5 Å². The summed E-state index contributed by atoms with van der Waals surface area (Å²) in [5.41, 5.74) is 3.59. The van der Waals surface area contributed by atoms with Crippen LogP contribution in [0.15, 0.2) is 24.3 Å². The van der Waals surface area contributed by atoms with E-state index in [2.05, 4.69) is 26.2 Å². The number of benzene rings is 1. The van der Waals surface area contributed by atoms with Crippen LogP contribution in [0.1, 0.15) is 39.2 Å². The highest BCUT2D eigenvalue weighted by atomic mass is 16.5. The predicted octanol–water partition coefficient (Wildman–Crippen LogP) is 1.56. The summed E-state index contributed by atoms with van der Waals surface area (Å²) in [5.74, 6) is -1.64. The first-order chi connectivity index (χ1) is 12.8. The largest absolute Gasteiger partial charge is 0.484 e. The van der Waals surface area contributed by atoms with Gasteiger partial charge in [0.2, 0.25) is 0 Å². The van der Waals surface area contributed by atoms with Crippen molar-refractivity contribution in [2.75, 3.05) is 6.61 Å². The second kappa shape index (κ2) is 6.34. The summed E-state index contributed by atoms with van der Waals surface area (Å²) in [6.45, 7) is 6.08. The molecule has 144 valence electrons. The van der Waals surface area contributed by atoms with Crippen LogP contribution in [0.25, 0.3) is 0 Å². The molecule has 4 rings (SSSR count). The maximum absolute atomic E-state index is 12.5. The van der Waals surface area contributed by atoms with Gasteiger partial charge in [-0.3, -0.25) is 19.8 Å². The van der Waals surface area contributed by atoms with Crippen LogP contribution in [0.5, 0.6) is 5.75 Å². The van der Waals surface area contributed by atoms with Gasteiger partial charge in [0.15, 0.2) is 6.61 Å². The molecule has 27 heavy (non-hydrogen) atoms. The summed E-state index contributed by atoms with van der Waals surface area (Å²) < 4.78 is 11.1. The lowest BCUT2D eigenvalue weighted by molar-refractivity contribution is -0.151. The van der Waals surface area contributed by atoms with Crippen LogP contribution in [0.3, 0.4) is 0 Å². The number of hydrazine groups is 1. The minimum absolute atomic E-state index is 0.0353. The van der Waals surface area contributed by atoms with Crippen LogP contribution in [0.4, 0.5) is 0 Å². The maximum Gasteiger partial charge on any atom is 0.276 e. The van der Waals surface area contributed by atoms with E-state index in [9.17, 15) is 14.4 Å².